The molecule has 0 saturated carbocycles. The zero-order chi connectivity index (χ0) is 19.8. The third-order valence-electron chi connectivity index (χ3n) is 3.99. The molecular weight excluding hydrogens is 340 g/mol. The smallest absolute Gasteiger partial charge is 0.340 e. The summed E-state index contributed by atoms with van der Waals surface area (Å²) in [6, 6.07) is 16.5. The maximum atomic E-state index is 12.5. The van der Waals surface area contributed by atoms with Gasteiger partial charge in [0.2, 0.25) is 0 Å². The van der Waals surface area contributed by atoms with Gasteiger partial charge < -0.3 is 14.4 Å². The molecule has 5 nitrogen and oxygen atoms in total. The van der Waals surface area contributed by atoms with E-state index in [9.17, 15) is 4.79 Å². The number of carbonyl (C=O) groups excluding carboxylic acids is 1. The summed E-state index contributed by atoms with van der Waals surface area (Å²) in [4.78, 5) is 14.3. The molecule has 138 valence electrons. The van der Waals surface area contributed by atoms with Gasteiger partial charge in [-0.2, -0.15) is 5.26 Å². The third-order valence-corrected chi connectivity index (χ3v) is 3.99. The molecule has 0 amide bonds. The van der Waals surface area contributed by atoms with E-state index in [4.69, 9.17) is 14.7 Å². The summed E-state index contributed by atoms with van der Waals surface area (Å²) in [5.41, 5.74) is 3.04. The van der Waals surface area contributed by atoms with Crippen molar-refractivity contribution in [2.24, 2.45) is 0 Å². The molecule has 27 heavy (non-hydrogen) atoms. The van der Waals surface area contributed by atoms with E-state index >= 15 is 0 Å². The lowest BCUT2D eigenvalue weighted by atomic mass is 9.99. The molecule has 0 N–H and O–H groups in total. The molecule has 0 spiro atoms. The summed E-state index contributed by atoms with van der Waals surface area (Å²) in [5.74, 6) is 0.302. The van der Waals surface area contributed by atoms with Crippen LogP contribution in [0.5, 0.6) is 5.75 Å². The summed E-state index contributed by atoms with van der Waals surface area (Å²) in [5, 5.41) is 8.94. The van der Waals surface area contributed by atoms with Crippen molar-refractivity contribution in [2.45, 2.75) is 6.92 Å². The number of ether oxygens (including phenoxy) is 2. The van der Waals surface area contributed by atoms with Crippen LogP contribution in [-0.4, -0.2) is 26.7 Å². The second-order valence-electron chi connectivity index (χ2n) is 5.74. The van der Waals surface area contributed by atoms with Crippen molar-refractivity contribution in [1.29, 1.82) is 5.26 Å². The number of hydrogen-bond donors (Lipinski definition) is 0. The van der Waals surface area contributed by atoms with Crippen LogP contribution in [0.15, 0.2) is 66.9 Å². The standard InChI is InChI=1S/C22H22N2O3/c1-5-27-22(25)21(16(2)18-8-6-17(14-23)7-9-18)15-24(3)19-10-12-20(26-4)13-11-19/h6-13,15H,2,5H2,1,3-4H3/b21-15+. The molecule has 0 aromatic heterocycles. The molecule has 2 rings (SSSR count). The highest BCUT2D eigenvalue weighted by atomic mass is 16.5. The normalized spacial score (nSPS) is 10.7. The van der Waals surface area contributed by atoms with E-state index in [1.54, 1.807) is 44.5 Å². The molecular formula is C22H22N2O3. The molecule has 2 aromatic carbocycles. The van der Waals surface area contributed by atoms with Crippen LogP contribution in [-0.2, 0) is 9.53 Å². The number of methoxy groups -OCH3 is 1. The van der Waals surface area contributed by atoms with Gasteiger partial charge in [0.25, 0.3) is 0 Å². The van der Waals surface area contributed by atoms with Gasteiger partial charge in [0.05, 0.1) is 30.9 Å². The predicted octanol–water partition coefficient (Wildman–Crippen LogP) is 4.16. The summed E-state index contributed by atoms with van der Waals surface area (Å²) in [7, 11) is 3.45. The molecule has 0 bridgehead atoms. The first-order chi connectivity index (χ1) is 13.0. The zero-order valence-corrected chi connectivity index (χ0v) is 15.7. The highest BCUT2D eigenvalue weighted by Crippen LogP contribution is 2.25. The second-order valence-corrected chi connectivity index (χ2v) is 5.74. The Labute approximate surface area is 159 Å². The minimum absolute atomic E-state index is 0.267. The summed E-state index contributed by atoms with van der Waals surface area (Å²) >= 11 is 0. The monoisotopic (exact) mass is 362 g/mol. The van der Waals surface area contributed by atoms with Gasteiger partial charge in [0.15, 0.2) is 0 Å². The van der Waals surface area contributed by atoms with E-state index < -0.39 is 5.97 Å². The van der Waals surface area contributed by atoms with E-state index in [2.05, 4.69) is 12.6 Å². The van der Waals surface area contributed by atoms with Gasteiger partial charge in [-0.15, -0.1) is 0 Å². The number of hydrogen-bond acceptors (Lipinski definition) is 5. The second kappa shape index (κ2) is 9.25. The SMILES string of the molecule is C=C(/C(=C\N(C)c1ccc(OC)cc1)C(=O)OCC)c1ccc(C#N)cc1. The lowest BCUT2D eigenvalue weighted by molar-refractivity contribution is -0.138. The molecule has 2 aromatic rings. The van der Waals surface area contributed by atoms with Crippen molar-refractivity contribution in [3.8, 4) is 11.8 Å². The minimum atomic E-state index is -0.452. The topological polar surface area (TPSA) is 62.6 Å². The van der Waals surface area contributed by atoms with Crippen LogP contribution in [0.1, 0.15) is 18.1 Å². The molecule has 0 radical (unpaired) electrons. The van der Waals surface area contributed by atoms with Crippen molar-refractivity contribution in [3.05, 3.63) is 78.0 Å². The van der Waals surface area contributed by atoms with Gasteiger partial charge in [-0.05, 0) is 54.5 Å². The summed E-state index contributed by atoms with van der Waals surface area (Å²) in [6.07, 6.45) is 1.69. The van der Waals surface area contributed by atoms with Gasteiger partial charge >= 0.3 is 5.97 Å². The number of nitrogens with zero attached hydrogens (tertiary/aromatic N) is 2. The highest BCUT2D eigenvalue weighted by Gasteiger charge is 2.17. The number of rotatable bonds is 7. The fourth-order valence-electron chi connectivity index (χ4n) is 2.45. The molecule has 0 fully saturated rings. The Morgan fingerprint density at radius 3 is 2.33 bits per heavy atom. The van der Waals surface area contributed by atoms with Crippen LogP contribution < -0.4 is 9.64 Å². The van der Waals surface area contributed by atoms with Gasteiger partial charge in [0.1, 0.15) is 5.75 Å². The number of benzene rings is 2. The molecule has 0 aliphatic carbocycles. The van der Waals surface area contributed by atoms with E-state index in [0.717, 1.165) is 17.0 Å². The van der Waals surface area contributed by atoms with Gasteiger partial charge in [-0.1, -0.05) is 18.7 Å². The first-order valence-electron chi connectivity index (χ1n) is 8.45. The maximum absolute atomic E-state index is 12.5. The minimum Gasteiger partial charge on any atom is -0.497 e. The van der Waals surface area contributed by atoms with Crippen LogP contribution in [0.2, 0.25) is 0 Å². The molecule has 5 heteroatoms. The van der Waals surface area contributed by atoms with Gasteiger partial charge in [0, 0.05) is 18.9 Å². The lowest BCUT2D eigenvalue weighted by Crippen LogP contribution is -2.16. The van der Waals surface area contributed by atoms with Crippen molar-refractivity contribution in [2.75, 3.05) is 25.7 Å². The van der Waals surface area contributed by atoms with Gasteiger partial charge in [-0.3, -0.25) is 0 Å². The lowest BCUT2D eigenvalue weighted by Gasteiger charge is -2.18. The predicted molar refractivity (Wildman–Crippen MR) is 106 cm³/mol. The number of carbonyl (C=O) groups is 1. The largest absolute Gasteiger partial charge is 0.497 e. The van der Waals surface area contributed by atoms with Crippen LogP contribution in [0.3, 0.4) is 0 Å². The Hall–Kier alpha value is -3.52. The average Bonchev–Trinajstić information content (AvgIpc) is 2.71. The van der Waals surface area contributed by atoms with Crippen molar-refractivity contribution in [3.63, 3.8) is 0 Å². The maximum Gasteiger partial charge on any atom is 0.340 e. The Balaban J connectivity index is 2.36. The Morgan fingerprint density at radius 2 is 1.81 bits per heavy atom. The third kappa shape index (κ3) is 4.99. The van der Waals surface area contributed by atoms with E-state index in [1.165, 1.54) is 0 Å². The van der Waals surface area contributed by atoms with Crippen LogP contribution in [0.4, 0.5) is 5.69 Å². The first kappa shape index (κ1) is 19.8. The average molecular weight is 362 g/mol. The molecule has 0 unspecified atom stereocenters. The summed E-state index contributed by atoms with van der Waals surface area (Å²) in [6.45, 7) is 6.08. The van der Waals surface area contributed by atoms with E-state index in [0.29, 0.717) is 16.7 Å². The van der Waals surface area contributed by atoms with Crippen LogP contribution in [0.25, 0.3) is 5.57 Å². The van der Waals surface area contributed by atoms with E-state index in [-0.39, 0.29) is 6.61 Å². The summed E-state index contributed by atoms with van der Waals surface area (Å²) < 4.78 is 10.4. The number of nitriles is 1. The Morgan fingerprint density at radius 1 is 1.19 bits per heavy atom. The van der Waals surface area contributed by atoms with Crippen molar-refractivity contribution < 1.29 is 14.3 Å². The number of esters is 1. The van der Waals surface area contributed by atoms with Crippen molar-refractivity contribution >= 4 is 17.2 Å². The number of anilines is 1. The fraction of sp³-hybridized carbons (Fsp3) is 0.182. The molecule has 0 heterocycles. The highest BCUT2D eigenvalue weighted by molar-refractivity contribution is 6.06. The molecule has 0 aliphatic heterocycles. The zero-order valence-electron chi connectivity index (χ0n) is 15.7. The Kier molecular flexibility index (Phi) is 6.79. The molecule has 0 atom stereocenters. The van der Waals surface area contributed by atoms with Crippen LogP contribution in [0, 0.1) is 11.3 Å². The van der Waals surface area contributed by atoms with E-state index in [1.807, 2.05) is 36.2 Å². The van der Waals surface area contributed by atoms with Crippen molar-refractivity contribution in [1.82, 2.24) is 0 Å². The van der Waals surface area contributed by atoms with Gasteiger partial charge in [-0.25, -0.2) is 4.79 Å². The fourth-order valence-corrected chi connectivity index (χ4v) is 2.45. The molecule has 0 saturated heterocycles. The Bertz CT molecular complexity index is 875. The quantitative estimate of drug-likeness (QED) is 0.420. The molecule has 0 aliphatic rings. The first-order valence-corrected chi connectivity index (χ1v) is 8.45. The van der Waals surface area contributed by atoms with Crippen LogP contribution >= 0.6 is 0 Å².